The lowest BCUT2D eigenvalue weighted by molar-refractivity contribution is 0.606. The van der Waals surface area contributed by atoms with Gasteiger partial charge in [-0.25, -0.2) is 0 Å². The fraction of sp³-hybridized carbons (Fsp3) is 0.474. The molecular weight excluding hydrogens is 228 g/mol. The third-order valence-corrected chi connectivity index (χ3v) is 4.43. The van der Waals surface area contributed by atoms with Crippen molar-refractivity contribution in [2.24, 2.45) is 5.92 Å². The number of hydrogen-bond acceptors (Lipinski definition) is 0. The van der Waals surface area contributed by atoms with E-state index in [0.29, 0.717) is 5.92 Å². The summed E-state index contributed by atoms with van der Waals surface area (Å²) in [4.78, 5) is 0. The first kappa shape index (κ1) is 12.7. The molecular formula is C19H24. The molecule has 19 heavy (non-hydrogen) atoms. The van der Waals surface area contributed by atoms with E-state index in [1.165, 1.54) is 37.7 Å². The number of rotatable bonds is 3. The zero-order valence-electron chi connectivity index (χ0n) is 12.2. The predicted molar refractivity (Wildman–Crippen MR) is 82.2 cm³/mol. The molecule has 0 N–H and O–H groups in total. The molecule has 0 fully saturated rings. The molecule has 0 nitrogen and oxygen atoms in total. The molecule has 0 heterocycles. The van der Waals surface area contributed by atoms with E-state index >= 15 is 0 Å². The Morgan fingerprint density at radius 2 is 1.95 bits per heavy atom. The molecule has 0 aromatic heterocycles. The summed E-state index contributed by atoms with van der Waals surface area (Å²) in [6.07, 6.45) is 9.09. The standard InChI is InChI=1S/C19H24/c1-14(2)11-15-12-17-9-6-10-18(19(17)13-15)16-7-4-3-5-8-16/h3-5,7-8,13-14,18H,6,9-12H2,1-2H3. The van der Waals surface area contributed by atoms with E-state index < -0.39 is 0 Å². The van der Waals surface area contributed by atoms with Crippen LogP contribution in [0.3, 0.4) is 0 Å². The zero-order chi connectivity index (χ0) is 13.2. The lowest BCUT2D eigenvalue weighted by atomic mass is 9.80. The lowest BCUT2D eigenvalue weighted by Gasteiger charge is -2.24. The third kappa shape index (κ3) is 2.68. The Balaban J connectivity index is 1.86. The quantitative estimate of drug-likeness (QED) is 0.654. The third-order valence-electron chi connectivity index (χ3n) is 4.43. The van der Waals surface area contributed by atoms with Crippen molar-refractivity contribution in [2.45, 2.75) is 51.9 Å². The van der Waals surface area contributed by atoms with Crippen LogP contribution in [0, 0.1) is 5.92 Å². The average Bonchev–Trinajstić information content (AvgIpc) is 2.80. The van der Waals surface area contributed by atoms with Crippen LogP contribution in [0.5, 0.6) is 0 Å². The molecule has 1 aromatic carbocycles. The van der Waals surface area contributed by atoms with Crippen molar-refractivity contribution in [2.75, 3.05) is 0 Å². The summed E-state index contributed by atoms with van der Waals surface area (Å²) >= 11 is 0. The molecule has 2 aliphatic carbocycles. The van der Waals surface area contributed by atoms with Crippen LogP contribution in [0.4, 0.5) is 0 Å². The van der Waals surface area contributed by atoms with E-state index in [4.69, 9.17) is 0 Å². The van der Waals surface area contributed by atoms with Crippen LogP contribution in [0.25, 0.3) is 0 Å². The van der Waals surface area contributed by atoms with Gasteiger partial charge in [-0.3, -0.25) is 0 Å². The van der Waals surface area contributed by atoms with Gasteiger partial charge >= 0.3 is 0 Å². The molecule has 0 aliphatic heterocycles. The van der Waals surface area contributed by atoms with Gasteiger partial charge < -0.3 is 0 Å². The van der Waals surface area contributed by atoms with Crippen LogP contribution in [-0.2, 0) is 0 Å². The van der Waals surface area contributed by atoms with Gasteiger partial charge in [-0.2, -0.15) is 0 Å². The molecule has 0 amide bonds. The molecule has 0 spiro atoms. The van der Waals surface area contributed by atoms with Gasteiger partial charge in [0, 0.05) is 5.92 Å². The molecule has 0 radical (unpaired) electrons. The summed E-state index contributed by atoms with van der Waals surface area (Å²) in [6.45, 7) is 4.65. The Morgan fingerprint density at radius 3 is 2.68 bits per heavy atom. The predicted octanol–water partition coefficient (Wildman–Crippen LogP) is 5.63. The first-order valence-electron chi connectivity index (χ1n) is 7.70. The zero-order valence-corrected chi connectivity index (χ0v) is 12.2. The smallest absolute Gasteiger partial charge is 0.00891 e. The summed E-state index contributed by atoms with van der Waals surface area (Å²) < 4.78 is 0. The van der Waals surface area contributed by atoms with Crippen LogP contribution in [0.2, 0.25) is 0 Å². The molecule has 3 rings (SSSR count). The van der Waals surface area contributed by atoms with Crippen LogP contribution in [0.1, 0.15) is 57.4 Å². The molecule has 100 valence electrons. The maximum absolute atomic E-state index is 2.53. The highest BCUT2D eigenvalue weighted by Crippen LogP contribution is 2.45. The van der Waals surface area contributed by atoms with Gasteiger partial charge in [-0.1, -0.05) is 61.4 Å². The first-order chi connectivity index (χ1) is 9.24. The molecule has 1 atom stereocenters. The van der Waals surface area contributed by atoms with Gasteiger partial charge in [0.1, 0.15) is 0 Å². The van der Waals surface area contributed by atoms with Gasteiger partial charge in [0.2, 0.25) is 0 Å². The topological polar surface area (TPSA) is 0 Å². The normalized spacial score (nSPS) is 22.7. The minimum atomic E-state index is 0.662. The van der Waals surface area contributed by atoms with Gasteiger partial charge in [0.15, 0.2) is 0 Å². The minimum absolute atomic E-state index is 0.662. The van der Waals surface area contributed by atoms with Crippen molar-refractivity contribution in [3.05, 3.63) is 58.7 Å². The Hall–Kier alpha value is -1.30. The van der Waals surface area contributed by atoms with Crippen LogP contribution in [-0.4, -0.2) is 0 Å². The van der Waals surface area contributed by atoms with Crippen molar-refractivity contribution < 1.29 is 0 Å². The molecule has 0 saturated heterocycles. The summed E-state index contributed by atoms with van der Waals surface area (Å²) in [7, 11) is 0. The summed E-state index contributed by atoms with van der Waals surface area (Å²) in [5.41, 5.74) is 6.57. The Kier molecular flexibility index (Phi) is 3.59. The fourth-order valence-corrected chi connectivity index (χ4v) is 3.69. The molecule has 0 heteroatoms. The lowest BCUT2D eigenvalue weighted by Crippen LogP contribution is -2.07. The van der Waals surface area contributed by atoms with E-state index in [0.717, 1.165) is 5.92 Å². The summed E-state index contributed by atoms with van der Waals surface area (Å²) in [5.74, 6) is 1.44. The molecule has 2 aliphatic rings. The molecule has 1 unspecified atom stereocenters. The highest BCUT2D eigenvalue weighted by Gasteiger charge is 2.27. The SMILES string of the molecule is CC(C)CC1=CC2=C(CCCC2c2ccccc2)C1. The van der Waals surface area contributed by atoms with E-state index in [9.17, 15) is 0 Å². The monoisotopic (exact) mass is 252 g/mol. The molecule has 0 bridgehead atoms. The van der Waals surface area contributed by atoms with Crippen molar-refractivity contribution in [3.8, 4) is 0 Å². The van der Waals surface area contributed by atoms with E-state index in [-0.39, 0.29) is 0 Å². The maximum atomic E-state index is 2.53. The van der Waals surface area contributed by atoms with E-state index in [1.807, 2.05) is 0 Å². The van der Waals surface area contributed by atoms with E-state index in [2.05, 4.69) is 50.3 Å². The highest BCUT2D eigenvalue weighted by molar-refractivity contribution is 5.47. The Morgan fingerprint density at radius 1 is 1.16 bits per heavy atom. The molecule has 1 aromatic rings. The van der Waals surface area contributed by atoms with Gasteiger partial charge in [-0.05, 0) is 49.2 Å². The summed E-state index contributed by atoms with van der Waals surface area (Å²) in [6, 6.07) is 11.1. The number of hydrogen-bond donors (Lipinski definition) is 0. The second-order valence-corrected chi connectivity index (χ2v) is 6.49. The van der Waals surface area contributed by atoms with Crippen LogP contribution >= 0.6 is 0 Å². The fourth-order valence-electron chi connectivity index (χ4n) is 3.69. The summed E-state index contributed by atoms with van der Waals surface area (Å²) in [5, 5.41) is 0. The average molecular weight is 252 g/mol. The minimum Gasteiger partial charge on any atom is -0.0656 e. The van der Waals surface area contributed by atoms with Crippen molar-refractivity contribution in [1.82, 2.24) is 0 Å². The van der Waals surface area contributed by atoms with Crippen molar-refractivity contribution >= 4 is 0 Å². The van der Waals surface area contributed by atoms with Crippen molar-refractivity contribution in [3.63, 3.8) is 0 Å². The Bertz CT molecular complexity index is 502. The van der Waals surface area contributed by atoms with E-state index in [1.54, 1.807) is 16.7 Å². The Labute approximate surface area is 117 Å². The van der Waals surface area contributed by atoms with Crippen LogP contribution < -0.4 is 0 Å². The molecule has 0 saturated carbocycles. The van der Waals surface area contributed by atoms with Gasteiger partial charge in [-0.15, -0.1) is 0 Å². The number of benzene rings is 1. The number of allylic oxidation sites excluding steroid dienone is 4. The second kappa shape index (κ2) is 5.36. The first-order valence-corrected chi connectivity index (χ1v) is 7.70. The van der Waals surface area contributed by atoms with Crippen molar-refractivity contribution in [1.29, 1.82) is 0 Å². The largest absolute Gasteiger partial charge is 0.0656 e. The second-order valence-electron chi connectivity index (χ2n) is 6.49. The van der Waals surface area contributed by atoms with Gasteiger partial charge in [0.05, 0.1) is 0 Å². The van der Waals surface area contributed by atoms with Crippen LogP contribution in [0.15, 0.2) is 53.1 Å². The maximum Gasteiger partial charge on any atom is 0.00891 e. The van der Waals surface area contributed by atoms with Gasteiger partial charge in [0.25, 0.3) is 0 Å². The highest BCUT2D eigenvalue weighted by atomic mass is 14.3.